The van der Waals surface area contributed by atoms with Crippen molar-refractivity contribution in [2.24, 2.45) is 0 Å². The second-order valence-corrected chi connectivity index (χ2v) is 7.00. The van der Waals surface area contributed by atoms with Crippen LogP contribution in [0.15, 0.2) is 54.6 Å². The number of rotatable bonds is 7. The van der Waals surface area contributed by atoms with E-state index in [-0.39, 0.29) is 5.91 Å². The molecule has 3 amide bonds. The molecule has 1 heterocycles. The van der Waals surface area contributed by atoms with Gasteiger partial charge in [-0.1, -0.05) is 48.5 Å². The fourth-order valence-corrected chi connectivity index (χ4v) is 3.33. The second kappa shape index (κ2) is 10.6. The van der Waals surface area contributed by atoms with Gasteiger partial charge in [0.05, 0.1) is 13.2 Å². The number of amides is 3. The number of urea groups is 1. The number of hydrogen-bond donors (Lipinski definition) is 3. The van der Waals surface area contributed by atoms with E-state index in [1.54, 1.807) is 7.05 Å². The van der Waals surface area contributed by atoms with Gasteiger partial charge in [0.1, 0.15) is 6.04 Å². The summed E-state index contributed by atoms with van der Waals surface area (Å²) in [5.41, 5.74) is 2.75. The minimum absolute atomic E-state index is 0.231. The van der Waals surface area contributed by atoms with Crippen LogP contribution in [0.4, 0.5) is 10.5 Å². The summed E-state index contributed by atoms with van der Waals surface area (Å²) >= 11 is 0. The number of ether oxygens (including phenoxy) is 1. The first-order chi connectivity index (χ1) is 14.2. The molecule has 2 aromatic carbocycles. The van der Waals surface area contributed by atoms with Gasteiger partial charge in [0, 0.05) is 38.8 Å². The monoisotopic (exact) mass is 396 g/mol. The summed E-state index contributed by atoms with van der Waals surface area (Å²) in [6.07, 6.45) is 0.420. The molecule has 0 aromatic heterocycles. The first kappa shape index (κ1) is 20.8. The third-order valence-corrected chi connectivity index (χ3v) is 4.91. The highest BCUT2D eigenvalue weighted by molar-refractivity contribution is 5.94. The van der Waals surface area contributed by atoms with Crippen molar-refractivity contribution < 1.29 is 14.3 Å². The smallest absolute Gasteiger partial charge is 0.319 e. The molecule has 3 N–H and O–H groups in total. The van der Waals surface area contributed by atoms with Gasteiger partial charge in [0.25, 0.3) is 0 Å². The van der Waals surface area contributed by atoms with Gasteiger partial charge in [-0.3, -0.25) is 9.69 Å². The molecule has 1 atom stereocenters. The molecule has 0 saturated carbocycles. The van der Waals surface area contributed by atoms with Crippen LogP contribution in [0.25, 0.3) is 0 Å². The number of carbonyl (C=O) groups excluding carboxylic acids is 2. The molecular weight excluding hydrogens is 368 g/mol. The molecule has 0 spiro atoms. The molecule has 0 radical (unpaired) electrons. The third kappa shape index (κ3) is 6.30. The first-order valence-corrected chi connectivity index (χ1v) is 9.87. The number of carbonyl (C=O) groups is 2. The number of hydrogen-bond acceptors (Lipinski definition) is 4. The van der Waals surface area contributed by atoms with Crippen LogP contribution in [0.5, 0.6) is 0 Å². The van der Waals surface area contributed by atoms with Crippen molar-refractivity contribution in [3.63, 3.8) is 0 Å². The maximum Gasteiger partial charge on any atom is 0.319 e. The normalized spacial score (nSPS) is 15.3. The Hall–Kier alpha value is -2.90. The van der Waals surface area contributed by atoms with E-state index >= 15 is 0 Å². The highest BCUT2D eigenvalue weighted by Gasteiger charge is 2.21. The van der Waals surface area contributed by atoms with Gasteiger partial charge in [0.15, 0.2) is 0 Å². The van der Waals surface area contributed by atoms with Crippen LogP contribution in [0.3, 0.4) is 0 Å². The molecule has 0 bridgehead atoms. The van der Waals surface area contributed by atoms with Crippen LogP contribution in [-0.2, 0) is 22.5 Å². The Balaban J connectivity index is 1.64. The van der Waals surface area contributed by atoms with Gasteiger partial charge in [-0.25, -0.2) is 4.79 Å². The largest absolute Gasteiger partial charge is 0.379 e. The van der Waals surface area contributed by atoms with Crippen molar-refractivity contribution in [1.29, 1.82) is 0 Å². The molecule has 1 unspecified atom stereocenters. The van der Waals surface area contributed by atoms with Crippen LogP contribution in [0.2, 0.25) is 0 Å². The summed E-state index contributed by atoms with van der Waals surface area (Å²) in [4.78, 5) is 27.2. The lowest BCUT2D eigenvalue weighted by Crippen LogP contribution is -2.48. The Morgan fingerprint density at radius 2 is 1.72 bits per heavy atom. The standard InChI is InChI=1S/C22H28N4O3/c1-23-21(27)20(15-17-7-3-2-4-8-17)25-22(28)24-19-10-6-5-9-18(19)16-26-11-13-29-14-12-26/h2-10,20H,11-16H2,1H3,(H,23,27)(H2,24,25,28). The molecule has 1 saturated heterocycles. The van der Waals surface area contributed by atoms with Crippen LogP contribution in [0.1, 0.15) is 11.1 Å². The quantitative estimate of drug-likeness (QED) is 0.669. The van der Waals surface area contributed by atoms with Gasteiger partial charge in [-0.05, 0) is 17.2 Å². The Morgan fingerprint density at radius 1 is 1.03 bits per heavy atom. The number of para-hydroxylation sites is 1. The minimum atomic E-state index is -0.659. The second-order valence-electron chi connectivity index (χ2n) is 7.00. The lowest BCUT2D eigenvalue weighted by Gasteiger charge is -2.27. The van der Waals surface area contributed by atoms with Crippen molar-refractivity contribution in [1.82, 2.24) is 15.5 Å². The van der Waals surface area contributed by atoms with Gasteiger partial charge in [-0.15, -0.1) is 0 Å². The predicted octanol–water partition coefficient (Wildman–Crippen LogP) is 2.00. The fraction of sp³-hybridized carbons (Fsp3) is 0.364. The Labute approximate surface area is 171 Å². The Morgan fingerprint density at radius 3 is 2.45 bits per heavy atom. The molecule has 2 aromatic rings. The summed E-state index contributed by atoms with van der Waals surface area (Å²) in [5.74, 6) is -0.231. The van der Waals surface area contributed by atoms with Gasteiger partial charge in [-0.2, -0.15) is 0 Å². The summed E-state index contributed by atoms with van der Waals surface area (Å²) < 4.78 is 5.40. The van der Waals surface area contributed by atoms with Gasteiger partial charge < -0.3 is 20.7 Å². The average molecular weight is 396 g/mol. The number of nitrogens with zero attached hydrogens (tertiary/aromatic N) is 1. The zero-order chi connectivity index (χ0) is 20.5. The predicted molar refractivity (Wildman–Crippen MR) is 113 cm³/mol. The lowest BCUT2D eigenvalue weighted by atomic mass is 10.1. The molecular formula is C22H28N4O3. The van der Waals surface area contributed by atoms with Crippen LogP contribution in [-0.4, -0.2) is 56.2 Å². The fourth-order valence-electron chi connectivity index (χ4n) is 3.33. The molecule has 1 aliphatic rings. The molecule has 0 aliphatic carbocycles. The molecule has 1 aliphatic heterocycles. The molecule has 154 valence electrons. The zero-order valence-electron chi connectivity index (χ0n) is 16.7. The number of nitrogens with one attached hydrogen (secondary N) is 3. The topological polar surface area (TPSA) is 82.7 Å². The van der Waals surface area contributed by atoms with E-state index in [0.29, 0.717) is 6.42 Å². The van der Waals surface area contributed by atoms with Gasteiger partial charge in [0.2, 0.25) is 5.91 Å². The number of morpholine rings is 1. The molecule has 1 fully saturated rings. The number of anilines is 1. The molecule has 29 heavy (non-hydrogen) atoms. The summed E-state index contributed by atoms with van der Waals surface area (Å²) in [6.45, 7) is 3.93. The summed E-state index contributed by atoms with van der Waals surface area (Å²) in [5, 5.41) is 8.33. The molecule has 7 heteroatoms. The maximum atomic E-state index is 12.6. The van der Waals surface area contributed by atoms with Crippen molar-refractivity contribution in [3.05, 3.63) is 65.7 Å². The lowest BCUT2D eigenvalue weighted by molar-refractivity contribution is -0.122. The Bertz CT molecular complexity index is 807. The maximum absolute atomic E-state index is 12.6. The van der Waals surface area contributed by atoms with E-state index < -0.39 is 12.1 Å². The van der Waals surface area contributed by atoms with Crippen LogP contribution >= 0.6 is 0 Å². The number of benzene rings is 2. The van der Waals surface area contributed by atoms with E-state index in [2.05, 4.69) is 20.9 Å². The van der Waals surface area contributed by atoms with E-state index in [1.165, 1.54) is 0 Å². The highest BCUT2D eigenvalue weighted by Crippen LogP contribution is 2.18. The van der Waals surface area contributed by atoms with E-state index in [4.69, 9.17) is 4.74 Å². The zero-order valence-corrected chi connectivity index (χ0v) is 16.7. The van der Waals surface area contributed by atoms with Crippen molar-refractivity contribution >= 4 is 17.6 Å². The molecule has 7 nitrogen and oxygen atoms in total. The number of likely N-dealkylation sites (N-methyl/N-ethyl adjacent to an activating group) is 1. The summed E-state index contributed by atoms with van der Waals surface area (Å²) in [7, 11) is 1.57. The Kier molecular flexibility index (Phi) is 7.61. The summed E-state index contributed by atoms with van der Waals surface area (Å²) in [6, 6.07) is 16.3. The van der Waals surface area contributed by atoms with Crippen LogP contribution < -0.4 is 16.0 Å². The van der Waals surface area contributed by atoms with Crippen molar-refractivity contribution in [2.75, 3.05) is 38.7 Å². The van der Waals surface area contributed by atoms with Gasteiger partial charge >= 0.3 is 6.03 Å². The van der Waals surface area contributed by atoms with Crippen molar-refractivity contribution in [3.8, 4) is 0 Å². The third-order valence-electron chi connectivity index (χ3n) is 4.91. The SMILES string of the molecule is CNC(=O)C(Cc1ccccc1)NC(=O)Nc1ccccc1CN1CCOCC1. The first-order valence-electron chi connectivity index (χ1n) is 9.87. The highest BCUT2D eigenvalue weighted by atomic mass is 16.5. The average Bonchev–Trinajstić information content (AvgIpc) is 2.75. The van der Waals surface area contributed by atoms with E-state index in [1.807, 2.05) is 54.6 Å². The van der Waals surface area contributed by atoms with Crippen molar-refractivity contribution in [2.45, 2.75) is 19.0 Å². The van der Waals surface area contributed by atoms with Crippen LogP contribution in [0, 0.1) is 0 Å². The van der Waals surface area contributed by atoms with E-state index in [9.17, 15) is 9.59 Å². The minimum Gasteiger partial charge on any atom is -0.379 e. The van der Waals surface area contributed by atoms with E-state index in [0.717, 1.165) is 49.7 Å². The molecule has 3 rings (SSSR count).